The smallest absolute Gasteiger partial charge is 0.223 e. The average molecular weight is 292 g/mol. The summed E-state index contributed by atoms with van der Waals surface area (Å²) in [6, 6.07) is 0. The van der Waals surface area contributed by atoms with Gasteiger partial charge in [-0.2, -0.15) is 0 Å². The molecule has 1 N–H and O–H groups in total. The predicted molar refractivity (Wildman–Crippen MR) is 68.8 cm³/mol. The van der Waals surface area contributed by atoms with Gasteiger partial charge < -0.3 is 10.1 Å². The van der Waals surface area contributed by atoms with E-state index in [1.807, 2.05) is 0 Å². The summed E-state index contributed by atoms with van der Waals surface area (Å²) in [4.78, 5) is 11.8. The molecule has 2 unspecified atom stereocenters. The Hall–Kier alpha value is -0.0900. The van der Waals surface area contributed by atoms with Crippen molar-refractivity contribution in [2.24, 2.45) is 0 Å². The van der Waals surface area contributed by atoms with Crippen LogP contribution in [-0.2, 0) is 9.53 Å². The molecule has 1 rings (SSSR count). The van der Waals surface area contributed by atoms with Gasteiger partial charge in [-0.3, -0.25) is 4.79 Å². The standard InChI is InChI=1S/C12H22BrNO2/c1-3-12(2,6-7-13)14-11(15)9-10-5-4-8-16-10/h10H,3-9H2,1-2H3,(H,14,15). The molecule has 1 fully saturated rings. The number of amides is 1. The van der Waals surface area contributed by atoms with Crippen LogP contribution < -0.4 is 5.32 Å². The number of hydrogen-bond acceptors (Lipinski definition) is 2. The maximum absolute atomic E-state index is 11.8. The highest BCUT2D eigenvalue weighted by Gasteiger charge is 2.26. The number of carbonyl (C=O) groups excluding carboxylic acids is 1. The molecule has 0 aromatic carbocycles. The first kappa shape index (κ1) is 14.0. The number of carbonyl (C=O) groups is 1. The monoisotopic (exact) mass is 291 g/mol. The summed E-state index contributed by atoms with van der Waals surface area (Å²) in [5.41, 5.74) is -0.0841. The molecule has 1 saturated heterocycles. The molecule has 94 valence electrons. The molecule has 0 spiro atoms. The molecular weight excluding hydrogens is 270 g/mol. The Kier molecular flexibility index (Phi) is 5.76. The Labute approximate surface area is 106 Å². The first-order chi connectivity index (χ1) is 7.59. The van der Waals surface area contributed by atoms with Crippen LogP contribution in [0.1, 0.15) is 46.0 Å². The number of hydrogen-bond donors (Lipinski definition) is 1. The minimum Gasteiger partial charge on any atom is -0.378 e. The lowest BCUT2D eigenvalue weighted by Gasteiger charge is -2.29. The minimum absolute atomic E-state index is 0.0841. The van der Waals surface area contributed by atoms with Gasteiger partial charge in [-0.25, -0.2) is 0 Å². The van der Waals surface area contributed by atoms with Gasteiger partial charge in [-0.05, 0) is 32.6 Å². The van der Waals surface area contributed by atoms with Gasteiger partial charge in [-0.15, -0.1) is 0 Å². The minimum atomic E-state index is -0.0841. The number of halogens is 1. The van der Waals surface area contributed by atoms with Crippen LogP contribution in [0.3, 0.4) is 0 Å². The van der Waals surface area contributed by atoms with Crippen LogP contribution >= 0.6 is 15.9 Å². The fourth-order valence-corrected chi connectivity index (χ4v) is 2.81. The lowest BCUT2D eigenvalue weighted by atomic mass is 9.95. The molecule has 1 amide bonds. The van der Waals surface area contributed by atoms with Crippen molar-refractivity contribution in [1.29, 1.82) is 0 Å². The largest absolute Gasteiger partial charge is 0.378 e. The SMILES string of the molecule is CCC(C)(CCBr)NC(=O)CC1CCCO1. The first-order valence-corrected chi connectivity index (χ1v) is 7.20. The maximum Gasteiger partial charge on any atom is 0.223 e. The van der Waals surface area contributed by atoms with Gasteiger partial charge in [0.25, 0.3) is 0 Å². The van der Waals surface area contributed by atoms with Gasteiger partial charge >= 0.3 is 0 Å². The highest BCUT2D eigenvalue weighted by molar-refractivity contribution is 9.09. The van der Waals surface area contributed by atoms with Crippen molar-refractivity contribution in [3.63, 3.8) is 0 Å². The van der Waals surface area contributed by atoms with Gasteiger partial charge in [0, 0.05) is 17.5 Å². The second kappa shape index (κ2) is 6.60. The van der Waals surface area contributed by atoms with E-state index in [0.717, 1.165) is 37.6 Å². The Balaban J connectivity index is 2.35. The van der Waals surface area contributed by atoms with Crippen molar-refractivity contribution in [3.8, 4) is 0 Å². The van der Waals surface area contributed by atoms with E-state index < -0.39 is 0 Å². The summed E-state index contributed by atoms with van der Waals surface area (Å²) >= 11 is 3.43. The molecule has 4 heteroatoms. The summed E-state index contributed by atoms with van der Waals surface area (Å²) in [6.07, 6.45) is 4.68. The van der Waals surface area contributed by atoms with Gasteiger partial charge in [0.15, 0.2) is 0 Å². The molecule has 2 atom stereocenters. The van der Waals surface area contributed by atoms with Gasteiger partial charge in [-0.1, -0.05) is 22.9 Å². The second-order valence-corrected chi connectivity index (χ2v) is 5.53. The third kappa shape index (κ3) is 4.42. The topological polar surface area (TPSA) is 38.3 Å². The Morgan fingerprint density at radius 1 is 1.62 bits per heavy atom. The molecule has 1 aliphatic rings. The van der Waals surface area contributed by atoms with Gasteiger partial charge in [0.2, 0.25) is 5.91 Å². The first-order valence-electron chi connectivity index (χ1n) is 6.08. The molecule has 0 radical (unpaired) electrons. The van der Waals surface area contributed by atoms with Crippen LogP contribution in [0.2, 0.25) is 0 Å². The average Bonchev–Trinajstić information content (AvgIpc) is 2.70. The molecular formula is C12H22BrNO2. The summed E-state index contributed by atoms with van der Waals surface area (Å²) in [5, 5.41) is 4.04. The van der Waals surface area contributed by atoms with E-state index in [1.165, 1.54) is 0 Å². The molecule has 3 nitrogen and oxygen atoms in total. The van der Waals surface area contributed by atoms with Crippen LogP contribution in [0.25, 0.3) is 0 Å². The summed E-state index contributed by atoms with van der Waals surface area (Å²) in [6.45, 7) is 5.01. The lowest BCUT2D eigenvalue weighted by Crippen LogP contribution is -2.46. The molecule has 0 aromatic rings. The van der Waals surface area contributed by atoms with Crippen molar-refractivity contribution in [2.45, 2.75) is 57.6 Å². The van der Waals surface area contributed by atoms with Crippen LogP contribution in [-0.4, -0.2) is 29.5 Å². The van der Waals surface area contributed by atoms with E-state index >= 15 is 0 Å². The summed E-state index contributed by atoms with van der Waals surface area (Å²) in [5.74, 6) is 0.122. The molecule has 0 aliphatic carbocycles. The van der Waals surface area contributed by atoms with E-state index in [4.69, 9.17) is 4.74 Å². The Bertz CT molecular complexity index is 229. The third-order valence-corrected chi connectivity index (χ3v) is 3.70. The number of rotatable bonds is 6. The molecule has 1 heterocycles. The zero-order chi connectivity index (χ0) is 12.0. The zero-order valence-corrected chi connectivity index (χ0v) is 11.8. The zero-order valence-electron chi connectivity index (χ0n) is 10.2. The van der Waals surface area contributed by atoms with E-state index in [9.17, 15) is 4.79 Å². The van der Waals surface area contributed by atoms with Crippen molar-refractivity contribution < 1.29 is 9.53 Å². The molecule has 0 bridgehead atoms. The van der Waals surface area contributed by atoms with Gasteiger partial charge in [0.05, 0.1) is 12.5 Å². The van der Waals surface area contributed by atoms with E-state index in [2.05, 4.69) is 35.1 Å². The molecule has 16 heavy (non-hydrogen) atoms. The van der Waals surface area contributed by atoms with Crippen molar-refractivity contribution in [3.05, 3.63) is 0 Å². The molecule has 1 aliphatic heterocycles. The Morgan fingerprint density at radius 3 is 2.88 bits per heavy atom. The van der Waals surface area contributed by atoms with Gasteiger partial charge in [0.1, 0.15) is 0 Å². The quantitative estimate of drug-likeness (QED) is 0.764. The summed E-state index contributed by atoms with van der Waals surface area (Å²) in [7, 11) is 0. The summed E-state index contributed by atoms with van der Waals surface area (Å²) < 4.78 is 5.46. The van der Waals surface area contributed by atoms with E-state index in [-0.39, 0.29) is 17.6 Å². The van der Waals surface area contributed by atoms with E-state index in [0.29, 0.717) is 6.42 Å². The highest BCUT2D eigenvalue weighted by Crippen LogP contribution is 2.18. The fourth-order valence-electron chi connectivity index (χ4n) is 1.94. The van der Waals surface area contributed by atoms with Crippen molar-refractivity contribution in [1.82, 2.24) is 5.32 Å². The Morgan fingerprint density at radius 2 is 2.38 bits per heavy atom. The highest BCUT2D eigenvalue weighted by atomic mass is 79.9. The lowest BCUT2D eigenvalue weighted by molar-refractivity contribution is -0.125. The second-order valence-electron chi connectivity index (χ2n) is 4.74. The van der Waals surface area contributed by atoms with Crippen LogP contribution in [0, 0.1) is 0 Å². The third-order valence-electron chi connectivity index (χ3n) is 3.30. The van der Waals surface area contributed by atoms with Crippen molar-refractivity contribution in [2.75, 3.05) is 11.9 Å². The molecule has 0 aromatic heterocycles. The fraction of sp³-hybridized carbons (Fsp3) is 0.917. The number of nitrogens with one attached hydrogen (secondary N) is 1. The predicted octanol–water partition coefficient (Wildman–Crippen LogP) is 2.63. The van der Waals surface area contributed by atoms with E-state index in [1.54, 1.807) is 0 Å². The maximum atomic E-state index is 11.8. The van der Waals surface area contributed by atoms with Crippen LogP contribution in [0.5, 0.6) is 0 Å². The van der Waals surface area contributed by atoms with Crippen molar-refractivity contribution >= 4 is 21.8 Å². The number of alkyl halides is 1. The van der Waals surface area contributed by atoms with Crippen LogP contribution in [0.4, 0.5) is 0 Å². The van der Waals surface area contributed by atoms with Crippen LogP contribution in [0.15, 0.2) is 0 Å². The normalized spacial score (nSPS) is 24.1. The number of ether oxygens (including phenoxy) is 1. The molecule has 0 saturated carbocycles.